The van der Waals surface area contributed by atoms with Gasteiger partial charge in [0.05, 0.1) is 26.2 Å². The summed E-state index contributed by atoms with van der Waals surface area (Å²) in [6, 6.07) is 16.8. The van der Waals surface area contributed by atoms with Crippen LogP contribution in [-0.2, 0) is 0 Å². The lowest BCUT2D eigenvalue weighted by Crippen LogP contribution is -3.05. The second-order valence-electron chi connectivity index (χ2n) is 5.48. The van der Waals surface area contributed by atoms with Gasteiger partial charge in [-0.15, -0.1) is 0 Å². The zero-order valence-electron chi connectivity index (χ0n) is 13.1. The molecule has 0 unspecified atom stereocenters. The molecule has 2 N–H and O–H groups in total. The standard InChI is InChI=1S/C18H22N2O2/c1-20(2)14-8-13-19-18(21)16-11-6-7-12-17(16)22-15-9-4-3-5-10-15/h3-7,9-12H,8,13-14H2,1-2H3,(H,19,21)/p+1. The van der Waals surface area contributed by atoms with Crippen molar-refractivity contribution in [2.75, 3.05) is 27.2 Å². The van der Waals surface area contributed by atoms with Crippen LogP contribution in [0.1, 0.15) is 16.8 Å². The Kier molecular flexibility index (Phi) is 5.98. The van der Waals surface area contributed by atoms with Crippen LogP contribution < -0.4 is 15.0 Å². The first-order valence-corrected chi connectivity index (χ1v) is 7.56. The van der Waals surface area contributed by atoms with Gasteiger partial charge in [0.1, 0.15) is 11.5 Å². The van der Waals surface area contributed by atoms with Crippen LogP contribution >= 0.6 is 0 Å². The van der Waals surface area contributed by atoms with Gasteiger partial charge in [0.2, 0.25) is 0 Å². The van der Waals surface area contributed by atoms with Crippen LogP contribution in [0.25, 0.3) is 0 Å². The number of carbonyl (C=O) groups is 1. The number of quaternary nitrogens is 1. The predicted molar refractivity (Wildman–Crippen MR) is 87.6 cm³/mol. The molecule has 2 aromatic rings. The third kappa shape index (κ3) is 4.90. The van der Waals surface area contributed by atoms with E-state index in [0.29, 0.717) is 17.9 Å². The van der Waals surface area contributed by atoms with Gasteiger partial charge in [-0.3, -0.25) is 4.79 Å². The fraction of sp³-hybridized carbons (Fsp3) is 0.278. The molecule has 2 aromatic carbocycles. The lowest BCUT2D eigenvalue weighted by Gasteiger charge is -2.12. The SMILES string of the molecule is C[NH+](C)CCCNC(=O)c1ccccc1Oc1ccccc1. The second-order valence-corrected chi connectivity index (χ2v) is 5.48. The summed E-state index contributed by atoms with van der Waals surface area (Å²) in [6.45, 7) is 1.70. The molecule has 4 heteroatoms. The molecule has 0 fully saturated rings. The number of hydrogen-bond donors (Lipinski definition) is 2. The van der Waals surface area contributed by atoms with E-state index < -0.39 is 0 Å². The van der Waals surface area contributed by atoms with Crippen molar-refractivity contribution in [2.24, 2.45) is 0 Å². The third-order valence-corrected chi connectivity index (χ3v) is 3.24. The van der Waals surface area contributed by atoms with E-state index in [0.717, 1.165) is 18.7 Å². The van der Waals surface area contributed by atoms with Crippen molar-refractivity contribution < 1.29 is 14.4 Å². The molecular weight excluding hydrogens is 276 g/mol. The largest absolute Gasteiger partial charge is 0.457 e. The molecule has 0 bridgehead atoms. The molecular formula is C18H23N2O2+. The summed E-state index contributed by atoms with van der Waals surface area (Å²) in [7, 11) is 4.20. The smallest absolute Gasteiger partial charge is 0.255 e. The van der Waals surface area contributed by atoms with Crippen LogP contribution in [0, 0.1) is 0 Å². The highest BCUT2D eigenvalue weighted by Crippen LogP contribution is 2.24. The van der Waals surface area contributed by atoms with Crippen molar-refractivity contribution in [3.8, 4) is 11.5 Å². The van der Waals surface area contributed by atoms with Crippen molar-refractivity contribution in [1.82, 2.24) is 5.32 Å². The Morgan fingerprint density at radius 2 is 1.73 bits per heavy atom. The molecule has 0 radical (unpaired) electrons. The summed E-state index contributed by atoms with van der Waals surface area (Å²) in [4.78, 5) is 13.7. The number of nitrogens with one attached hydrogen (secondary N) is 2. The van der Waals surface area contributed by atoms with E-state index in [1.54, 1.807) is 6.07 Å². The second kappa shape index (κ2) is 8.20. The maximum absolute atomic E-state index is 12.3. The van der Waals surface area contributed by atoms with E-state index in [2.05, 4.69) is 19.4 Å². The number of amides is 1. The lowest BCUT2D eigenvalue weighted by molar-refractivity contribution is -0.858. The van der Waals surface area contributed by atoms with Crippen LogP contribution in [0.3, 0.4) is 0 Å². The fourth-order valence-corrected chi connectivity index (χ4v) is 2.10. The van der Waals surface area contributed by atoms with Crippen LogP contribution in [0.4, 0.5) is 0 Å². The minimum atomic E-state index is -0.0970. The molecule has 0 aromatic heterocycles. The zero-order chi connectivity index (χ0) is 15.8. The molecule has 4 nitrogen and oxygen atoms in total. The summed E-state index contributed by atoms with van der Waals surface area (Å²) in [5, 5.41) is 2.95. The first-order chi connectivity index (χ1) is 10.7. The molecule has 0 aliphatic rings. The number of para-hydroxylation sites is 2. The summed E-state index contributed by atoms with van der Waals surface area (Å²) in [6.07, 6.45) is 0.954. The van der Waals surface area contributed by atoms with Gasteiger partial charge >= 0.3 is 0 Å². The van der Waals surface area contributed by atoms with Crippen LogP contribution in [0.15, 0.2) is 54.6 Å². The maximum Gasteiger partial charge on any atom is 0.255 e. The molecule has 0 spiro atoms. The molecule has 0 saturated heterocycles. The van der Waals surface area contributed by atoms with Gasteiger partial charge in [0, 0.05) is 13.0 Å². The van der Waals surface area contributed by atoms with E-state index in [1.807, 2.05) is 48.5 Å². The average Bonchev–Trinajstić information content (AvgIpc) is 2.53. The van der Waals surface area contributed by atoms with Crippen LogP contribution in [0.2, 0.25) is 0 Å². The Morgan fingerprint density at radius 3 is 2.45 bits per heavy atom. The first kappa shape index (κ1) is 16.0. The van der Waals surface area contributed by atoms with Crippen molar-refractivity contribution in [2.45, 2.75) is 6.42 Å². The van der Waals surface area contributed by atoms with E-state index in [1.165, 1.54) is 4.90 Å². The van der Waals surface area contributed by atoms with E-state index in [4.69, 9.17) is 4.74 Å². The number of carbonyl (C=O) groups excluding carboxylic acids is 1. The highest BCUT2D eigenvalue weighted by molar-refractivity contribution is 5.96. The molecule has 0 saturated carbocycles. The van der Waals surface area contributed by atoms with E-state index in [-0.39, 0.29) is 5.91 Å². The Balaban J connectivity index is 2.00. The van der Waals surface area contributed by atoms with Crippen LogP contribution in [0.5, 0.6) is 11.5 Å². The van der Waals surface area contributed by atoms with Gasteiger partial charge in [-0.1, -0.05) is 30.3 Å². The topological polar surface area (TPSA) is 42.8 Å². The summed E-state index contributed by atoms with van der Waals surface area (Å²) in [5.41, 5.74) is 0.559. The molecule has 22 heavy (non-hydrogen) atoms. The monoisotopic (exact) mass is 299 g/mol. The summed E-state index contributed by atoms with van der Waals surface area (Å²) < 4.78 is 5.81. The Bertz CT molecular complexity index is 597. The average molecular weight is 299 g/mol. The van der Waals surface area contributed by atoms with Gasteiger partial charge in [-0.05, 0) is 24.3 Å². The first-order valence-electron chi connectivity index (χ1n) is 7.56. The predicted octanol–water partition coefficient (Wildman–Crippen LogP) is 1.74. The summed E-state index contributed by atoms with van der Waals surface area (Å²) in [5.74, 6) is 1.20. The van der Waals surface area contributed by atoms with Crippen molar-refractivity contribution in [3.63, 3.8) is 0 Å². The van der Waals surface area contributed by atoms with Crippen molar-refractivity contribution in [3.05, 3.63) is 60.2 Å². The summed E-state index contributed by atoms with van der Waals surface area (Å²) >= 11 is 0. The van der Waals surface area contributed by atoms with E-state index in [9.17, 15) is 4.79 Å². The minimum Gasteiger partial charge on any atom is -0.457 e. The highest BCUT2D eigenvalue weighted by Gasteiger charge is 2.12. The van der Waals surface area contributed by atoms with Crippen molar-refractivity contribution >= 4 is 5.91 Å². The molecule has 0 aliphatic carbocycles. The van der Waals surface area contributed by atoms with Gasteiger partial charge in [-0.25, -0.2) is 0 Å². The molecule has 116 valence electrons. The Morgan fingerprint density at radius 1 is 1.05 bits per heavy atom. The minimum absolute atomic E-state index is 0.0970. The molecule has 1 amide bonds. The fourth-order valence-electron chi connectivity index (χ4n) is 2.10. The third-order valence-electron chi connectivity index (χ3n) is 3.24. The number of benzene rings is 2. The maximum atomic E-state index is 12.3. The normalized spacial score (nSPS) is 10.5. The van der Waals surface area contributed by atoms with E-state index >= 15 is 0 Å². The van der Waals surface area contributed by atoms with Gasteiger partial charge < -0.3 is 15.0 Å². The molecule has 0 heterocycles. The van der Waals surface area contributed by atoms with Crippen molar-refractivity contribution in [1.29, 1.82) is 0 Å². The zero-order valence-corrected chi connectivity index (χ0v) is 13.1. The molecule has 0 aliphatic heterocycles. The molecule has 2 rings (SSSR count). The van der Waals surface area contributed by atoms with Gasteiger partial charge in [-0.2, -0.15) is 0 Å². The lowest BCUT2D eigenvalue weighted by atomic mass is 10.2. The number of ether oxygens (including phenoxy) is 1. The Hall–Kier alpha value is -2.33. The number of rotatable bonds is 7. The number of hydrogen-bond acceptors (Lipinski definition) is 2. The van der Waals surface area contributed by atoms with Crippen LogP contribution in [-0.4, -0.2) is 33.1 Å². The highest BCUT2D eigenvalue weighted by atomic mass is 16.5. The van der Waals surface area contributed by atoms with Gasteiger partial charge in [0.15, 0.2) is 0 Å². The Labute approximate surface area is 131 Å². The molecule has 0 atom stereocenters. The van der Waals surface area contributed by atoms with Gasteiger partial charge in [0.25, 0.3) is 5.91 Å². The quantitative estimate of drug-likeness (QED) is 0.765.